The number of amides is 1. The van der Waals surface area contributed by atoms with E-state index in [1.165, 1.54) is 6.07 Å². The van der Waals surface area contributed by atoms with Crippen molar-refractivity contribution < 1.29 is 9.18 Å². The van der Waals surface area contributed by atoms with Gasteiger partial charge in [0.05, 0.1) is 17.1 Å². The van der Waals surface area contributed by atoms with E-state index >= 15 is 0 Å². The van der Waals surface area contributed by atoms with Gasteiger partial charge in [-0.1, -0.05) is 11.6 Å². The zero-order valence-corrected chi connectivity index (χ0v) is 12.5. The van der Waals surface area contributed by atoms with Crippen LogP contribution >= 0.6 is 11.6 Å². The van der Waals surface area contributed by atoms with E-state index in [0.29, 0.717) is 13.1 Å². The van der Waals surface area contributed by atoms with Gasteiger partial charge >= 0.3 is 0 Å². The molecule has 2 rings (SSSR count). The van der Waals surface area contributed by atoms with E-state index in [-0.39, 0.29) is 28.0 Å². The summed E-state index contributed by atoms with van der Waals surface area (Å²) in [6.45, 7) is 4.42. The smallest absolute Gasteiger partial charge is 0.247 e. The molecular formula is C13H18ClFN4O. The number of nitrogens with zero attached hydrogens (tertiary/aromatic N) is 2. The molecule has 0 bridgehead atoms. The van der Waals surface area contributed by atoms with Gasteiger partial charge in [-0.05, 0) is 19.9 Å². The Kier molecular flexibility index (Phi) is 3.46. The summed E-state index contributed by atoms with van der Waals surface area (Å²) >= 11 is 5.85. The molecular weight excluding hydrogens is 283 g/mol. The molecule has 1 aromatic carbocycles. The molecule has 110 valence electrons. The maximum absolute atomic E-state index is 14.4. The highest BCUT2D eigenvalue weighted by Gasteiger charge is 2.42. The van der Waals surface area contributed by atoms with Gasteiger partial charge in [-0.15, -0.1) is 0 Å². The van der Waals surface area contributed by atoms with Crippen molar-refractivity contribution in [1.29, 1.82) is 0 Å². The van der Waals surface area contributed by atoms with Gasteiger partial charge < -0.3 is 21.3 Å². The van der Waals surface area contributed by atoms with Crippen molar-refractivity contribution in [3.63, 3.8) is 0 Å². The van der Waals surface area contributed by atoms with E-state index < -0.39 is 11.4 Å². The van der Waals surface area contributed by atoms with E-state index in [4.69, 9.17) is 23.1 Å². The van der Waals surface area contributed by atoms with Crippen molar-refractivity contribution in [2.45, 2.75) is 19.4 Å². The van der Waals surface area contributed by atoms with Gasteiger partial charge in [-0.2, -0.15) is 0 Å². The van der Waals surface area contributed by atoms with Crippen LogP contribution in [0, 0.1) is 5.82 Å². The lowest BCUT2D eigenvalue weighted by Crippen LogP contribution is -2.62. The number of nitrogens with two attached hydrogens (primary N) is 2. The first-order valence-electron chi connectivity index (χ1n) is 6.24. The summed E-state index contributed by atoms with van der Waals surface area (Å²) in [7, 11) is 1.72. The average molecular weight is 301 g/mol. The summed E-state index contributed by atoms with van der Waals surface area (Å²) in [5.74, 6) is -0.787. The molecule has 1 aliphatic heterocycles. The Hall–Kier alpha value is -1.69. The van der Waals surface area contributed by atoms with Crippen molar-refractivity contribution in [2.24, 2.45) is 0 Å². The number of hydrogen-bond donors (Lipinski definition) is 2. The van der Waals surface area contributed by atoms with Gasteiger partial charge in [0, 0.05) is 20.1 Å². The summed E-state index contributed by atoms with van der Waals surface area (Å²) in [6.07, 6.45) is 0. The number of anilines is 3. The lowest BCUT2D eigenvalue weighted by atomic mass is 9.96. The lowest BCUT2D eigenvalue weighted by molar-refractivity contribution is -0.136. The first kappa shape index (κ1) is 14.7. The van der Waals surface area contributed by atoms with Gasteiger partial charge in [0.2, 0.25) is 5.91 Å². The molecule has 1 saturated heterocycles. The second-order valence-corrected chi connectivity index (χ2v) is 5.85. The molecule has 0 unspecified atom stereocenters. The van der Waals surface area contributed by atoms with Crippen LogP contribution in [0.1, 0.15) is 13.8 Å². The predicted octanol–water partition coefficient (Wildman–Crippen LogP) is 1.70. The third-order valence-corrected chi connectivity index (χ3v) is 4.10. The Balaban J connectivity index is 2.57. The average Bonchev–Trinajstić information content (AvgIpc) is 2.36. The third kappa shape index (κ3) is 2.04. The largest absolute Gasteiger partial charge is 0.397 e. The number of likely N-dealkylation sites (N-methyl/N-ethyl adjacent to an activating group) is 1. The Morgan fingerprint density at radius 1 is 1.30 bits per heavy atom. The zero-order chi connectivity index (χ0) is 15.2. The van der Waals surface area contributed by atoms with E-state index in [9.17, 15) is 9.18 Å². The van der Waals surface area contributed by atoms with Gasteiger partial charge in [-0.25, -0.2) is 4.39 Å². The predicted molar refractivity (Wildman–Crippen MR) is 79.3 cm³/mol. The Morgan fingerprint density at radius 3 is 2.50 bits per heavy atom. The van der Waals surface area contributed by atoms with E-state index in [1.54, 1.807) is 30.7 Å². The summed E-state index contributed by atoms with van der Waals surface area (Å²) in [5.41, 5.74) is 11.0. The van der Waals surface area contributed by atoms with Crippen LogP contribution in [-0.4, -0.2) is 36.5 Å². The number of hydrogen-bond acceptors (Lipinski definition) is 4. The molecule has 1 fully saturated rings. The summed E-state index contributed by atoms with van der Waals surface area (Å²) in [6, 6.07) is 1.42. The standard InChI is InChI=1S/C13H18ClFN4O/c1-13(2)12(20)18(3)4-5-19(13)11-8(17)6-7(16)9(14)10(11)15/h6H,4-5,16-17H2,1-3H3. The quantitative estimate of drug-likeness (QED) is 0.774. The number of carbonyl (C=O) groups is 1. The van der Waals surface area contributed by atoms with Gasteiger partial charge in [-0.3, -0.25) is 4.79 Å². The van der Waals surface area contributed by atoms with Crippen LogP contribution in [0.15, 0.2) is 6.07 Å². The second-order valence-electron chi connectivity index (χ2n) is 5.47. The summed E-state index contributed by atoms with van der Waals surface area (Å²) < 4.78 is 14.4. The number of benzene rings is 1. The van der Waals surface area contributed by atoms with Crippen molar-refractivity contribution >= 4 is 34.6 Å². The molecule has 4 N–H and O–H groups in total. The topological polar surface area (TPSA) is 75.6 Å². The molecule has 0 atom stereocenters. The highest BCUT2D eigenvalue weighted by atomic mass is 35.5. The molecule has 5 nitrogen and oxygen atoms in total. The first-order chi connectivity index (χ1) is 9.17. The highest BCUT2D eigenvalue weighted by molar-refractivity contribution is 6.33. The SMILES string of the molecule is CN1CCN(c2c(N)cc(N)c(Cl)c2F)C(C)(C)C1=O. The number of halogens is 2. The van der Waals surface area contributed by atoms with E-state index in [0.717, 1.165) is 0 Å². The Bertz CT molecular complexity index is 576. The highest BCUT2D eigenvalue weighted by Crippen LogP contribution is 2.40. The Labute approximate surface area is 122 Å². The molecule has 7 heteroatoms. The molecule has 1 aromatic rings. The molecule has 1 heterocycles. The van der Waals surface area contributed by atoms with Crippen LogP contribution < -0.4 is 16.4 Å². The molecule has 0 radical (unpaired) electrons. The maximum Gasteiger partial charge on any atom is 0.247 e. The normalized spacial score (nSPS) is 18.6. The molecule has 0 aliphatic carbocycles. The molecule has 1 aliphatic rings. The minimum absolute atomic E-state index is 0.0867. The maximum atomic E-state index is 14.4. The Morgan fingerprint density at radius 2 is 1.90 bits per heavy atom. The number of piperazine rings is 1. The summed E-state index contributed by atoms with van der Waals surface area (Å²) in [5, 5.41) is -0.170. The summed E-state index contributed by atoms with van der Waals surface area (Å²) in [4.78, 5) is 15.5. The number of nitrogen functional groups attached to an aromatic ring is 2. The molecule has 20 heavy (non-hydrogen) atoms. The fraction of sp³-hybridized carbons (Fsp3) is 0.462. The van der Waals surface area contributed by atoms with Crippen molar-refractivity contribution in [3.8, 4) is 0 Å². The zero-order valence-electron chi connectivity index (χ0n) is 11.7. The van der Waals surface area contributed by atoms with E-state index in [1.807, 2.05) is 0 Å². The van der Waals surface area contributed by atoms with E-state index in [2.05, 4.69) is 0 Å². The molecule has 0 aromatic heterocycles. The van der Waals surface area contributed by atoms with Crippen LogP contribution in [0.4, 0.5) is 21.5 Å². The fourth-order valence-corrected chi connectivity index (χ4v) is 2.68. The molecule has 0 spiro atoms. The lowest BCUT2D eigenvalue weighted by Gasteiger charge is -2.46. The molecule has 0 saturated carbocycles. The molecule has 1 amide bonds. The minimum Gasteiger partial charge on any atom is -0.397 e. The van der Waals surface area contributed by atoms with Gasteiger partial charge in [0.15, 0.2) is 5.82 Å². The second kappa shape index (κ2) is 4.70. The van der Waals surface area contributed by atoms with Crippen LogP contribution in [0.2, 0.25) is 5.02 Å². The van der Waals surface area contributed by atoms with Crippen LogP contribution in [0.3, 0.4) is 0 Å². The van der Waals surface area contributed by atoms with Crippen LogP contribution in [-0.2, 0) is 4.79 Å². The van der Waals surface area contributed by atoms with Gasteiger partial charge in [0.25, 0.3) is 0 Å². The van der Waals surface area contributed by atoms with Crippen molar-refractivity contribution in [3.05, 3.63) is 16.9 Å². The minimum atomic E-state index is -0.901. The number of carbonyl (C=O) groups excluding carboxylic acids is 1. The van der Waals surface area contributed by atoms with Crippen molar-refractivity contribution in [2.75, 3.05) is 36.5 Å². The monoisotopic (exact) mass is 300 g/mol. The number of rotatable bonds is 1. The first-order valence-corrected chi connectivity index (χ1v) is 6.62. The van der Waals surface area contributed by atoms with Crippen LogP contribution in [0.5, 0.6) is 0 Å². The third-order valence-electron chi connectivity index (χ3n) is 3.71. The van der Waals surface area contributed by atoms with Crippen molar-refractivity contribution in [1.82, 2.24) is 4.90 Å². The fourth-order valence-electron chi connectivity index (χ4n) is 2.54. The van der Waals surface area contributed by atoms with Crippen LogP contribution in [0.25, 0.3) is 0 Å². The van der Waals surface area contributed by atoms with Gasteiger partial charge in [0.1, 0.15) is 10.6 Å².